The molecule has 1 aromatic carbocycles. The zero-order valence-corrected chi connectivity index (χ0v) is 10.5. The average Bonchev–Trinajstić information content (AvgIpc) is 2.83. The van der Waals surface area contributed by atoms with Gasteiger partial charge in [0.25, 0.3) is 0 Å². The van der Waals surface area contributed by atoms with Gasteiger partial charge in [-0.2, -0.15) is 8.75 Å². The molecule has 0 aliphatic heterocycles. The van der Waals surface area contributed by atoms with E-state index in [1.54, 1.807) is 12.3 Å². The van der Waals surface area contributed by atoms with Gasteiger partial charge in [-0.3, -0.25) is 0 Å². The highest BCUT2D eigenvalue weighted by Crippen LogP contribution is 2.32. The van der Waals surface area contributed by atoms with Gasteiger partial charge in [0.2, 0.25) is 0 Å². The van der Waals surface area contributed by atoms with Crippen LogP contribution in [-0.2, 0) is 0 Å². The fourth-order valence-electron chi connectivity index (χ4n) is 1.51. The highest BCUT2D eigenvalue weighted by atomic mass is 35.5. The van der Waals surface area contributed by atoms with Gasteiger partial charge in [-0.25, -0.2) is 9.97 Å². The van der Waals surface area contributed by atoms with Crippen LogP contribution in [0, 0.1) is 0 Å². The number of nitrogen functional groups attached to an aromatic ring is 1. The topological polar surface area (TPSA) is 89.6 Å². The maximum Gasteiger partial charge on any atom is 0.173 e. The second kappa shape index (κ2) is 4.35. The first kappa shape index (κ1) is 11.1. The van der Waals surface area contributed by atoms with Crippen molar-refractivity contribution in [1.82, 2.24) is 18.7 Å². The number of hydrogen-bond donors (Lipinski definition) is 2. The molecule has 8 heteroatoms. The third-order valence-corrected chi connectivity index (χ3v) is 3.20. The minimum atomic E-state index is 0.300. The van der Waals surface area contributed by atoms with Crippen LogP contribution >= 0.6 is 23.3 Å². The van der Waals surface area contributed by atoms with E-state index in [1.165, 1.54) is 6.20 Å². The molecular weight excluding hydrogens is 272 g/mol. The maximum absolute atomic E-state index is 6.15. The monoisotopic (exact) mass is 278 g/mol. The van der Waals surface area contributed by atoms with E-state index >= 15 is 0 Å². The second-order valence-corrected chi connectivity index (χ2v) is 4.41. The predicted octanol–water partition coefficient (Wildman–Crippen LogP) is 2.46. The highest BCUT2D eigenvalue weighted by molar-refractivity contribution is 7.00. The number of nitrogens with two attached hydrogens (primary N) is 1. The van der Waals surface area contributed by atoms with Gasteiger partial charge in [-0.15, -0.1) is 0 Å². The lowest BCUT2D eigenvalue weighted by molar-refractivity contribution is 1.21. The van der Waals surface area contributed by atoms with E-state index in [-0.39, 0.29) is 0 Å². The normalized spacial score (nSPS) is 10.7. The SMILES string of the molecule is Nc1nccnc1Nc1c(Cl)ccc2nsnc12. The summed E-state index contributed by atoms with van der Waals surface area (Å²) in [6.45, 7) is 0. The van der Waals surface area contributed by atoms with Gasteiger partial charge in [0.05, 0.1) is 22.4 Å². The summed E-state index contributed by atoms with van der Waals surface area (Å²) in [5.74, 6) is 0.744. The number of nitrogens with zero attached hydrogens (tertiary/aromatic N) is 4. The predicted molar refractivity (Wildman–Crippen MR) is 72.2 cm³/mol. The minimum Gasteiger partial charge on any atom is -0.381 e. The largest absolute Gasteiger partial charge is 0.381 e. The lowest BCUT2D eigenvalue weighted by atomic mass is 10.2. The van der Waals surface area contributed by atoms with E-state index in [9.17, 15) is 0 Å². The van der Waals surface area contributed by atoms with E-state index in [4.69, 9.17) is 17.3 Å². The van der Waals surface area contributed by atoms with Gasteiger partial charge in [-0.05, 0) is 12.1 Å². The Kier molecular flexibility index (Phi) is 2.69. The van der Waals surface area contributed by atoms with E-state index in [1.807, 2.05) is 6.07 Å². The zero-order valence-electron chi connectivity index (χ0n) is 8.96. The zero-order chi connectivity index (χ0) is 12.5. The Morgan fingerprint density at radius 2 is 2.00 bits per heavy atom. The van der Waals surface area contributed by atoms with Crippen molar-refractivity contribution in [3.8, 4) is 0 Å². The van der Waals surface area contributed by atoms with Crippen molar-refractivity contribution in [2.75, 3.05) is 11.1 Å². The number of fused-ring (bicyclic) bond motifs is 1. The highest BCUT2D eigenvalue weighted by Gasteiger charge is 2.12. The van der Waals surface area contributed by atoms with Gasteiger partial charge in [0, 0.05) is 12.4 Å². The number of halogens is 1. The lowest BCUT2D eigenvalue weighted by Crippen LogP contribution is -2.01. The summed E-state index contributed by atoms with van der Waals surface area (Å²) in [5, 5.41) is 3.57. The molecule has 0 saturated carbocycles. The van der Waals surface area contributed by atoms with Gasteiger partial charge in [0.15, 0.2) is 11.6 Å². The molecule has 3 aromatic rings. The molecule has 0 bridgehead atoms. The van der Waals surface area contributed by atoms with Crippen molar-refractivity contribution in [3.05, 3.63) is 29.5 Å². The molecule has 2 heterocycles. The van der Waals surface area contributed by atoms with Gasteiger partial charge < -0.3 is 11.1 Å². The molecule has 3 rings (SSSR count). The molecule has 3 N–H and O–H groups in total. The number of rotatable bonds is 2. The lowest BCUT2D eigenvalue weighted by Gasteiger charge is -2.08. The Bertz CT molecular complexity index is 712. The van der Waals surface area contributed by atoms with E-state index in [2.05, 4.69) is 24.0 Å². The molecule has 0 radical (unpaired) electrons. The summed E-state index contributed by atoms with van der Waals surface area (Å²) in [6, 6.07) is 3.56. The van der Waals surface area contributed by atoms with Crippen LogP contribution in [0.3, 0.4) is 0 Å². The Labute approximate surface area is 111 Å². The van der Waals surface area contributed by atoms with Crippen LogP contribution in [0.15, 0.2) is 24.5 Å². The summed E-state index contributed by atoms with van der Waals surface area (Å²) in [7, 11) is 0. The van der Waals surface area contributed by atoms with Crippen LogP contribution in [0.2, 0.25) is 5.02 Å². The van der Waals surface area contributed by atoms with E-state index in [0.717, 1.165) is 17.2 Å². The standard InChI is InChI=1S/C10H7ClN6S/c11-5-1-2-6-8(17-18-16-6)7(5)15-10-9(12)13-3-4-14-10/h1-4H,(H2,12,13)(H,14,15). The van der Waals surface area contributed by atoms with Crippen molar-refractivity contribution in [2.45, 2.75) is 0 Å². The van der Waals surface area contributed by atoms with Crippen LogP contribution in [0.25, 0.3) is 11.0 Å². The Balaban J connectivity index is 2.12. The molecule has 0 spiro atoms. The summed E-state index contributed by atoms with van der Waals surface area (Å²) in [6.07, 6.45) is 3.07. The summed E-state index contributed by atoms with van der Waals surface area (Å²) in [4.78, 5) is 8.05. The van der Waals surface area contributed by atoms with Crippen LogP contribution < -0.4 is 11.1 Å². The molecule has 0 aliphatic carbocycles. The molecule has 0 unspecified atom stereocenters. The van der Waals surface area contributed by atoms with Crippen LogP contribution in [0.4, 0.5) is 17.3 Å². The summed E-state index contributed by atoms with van der Waals surface area (Å²) >= 11 is 7.27. The minimum absolute atomic E-state index is 0.300. The first-order chi connectivity index (χ1) is 8.75. The first-order valence-corrected chi connectivity index (χ1v) is 6.11. The Morgan fingerprint density at radius 3 is 2.83 bits per heavy atom. The van der Waals surface area contributed by atoms with Gasteiger partial charge in [0.1, 0.15) is 11.0 Å². The van der Waals surface area contributed by atoms with Gasteiger partial charge >= 0.3 is 0 Å². The Morgan fingerprint density at radius 1 is 1.17 bits per heavy atom. The first-order valence-electron chi connectivity index (χ1n) is 5.00. The second-order valence-electron chi connectivity index (χ2n) is 3.47. The van der Waals surface area contributed by atoms with E-state index < -0.39 is 0 Å². The number of hydrogen-bond acceptors (Lipinski definition) is 7. The van der Waals surface area contributed by atoms with Crippen molar-refractivity contribution in [3.63, 3.8) is 0 Å². The molecule has 0 fully saturated rings. The third-order valence-electron chi connectivity index (χ3n) is 2.35. The number of aromatic nitrogens is 4. The third kappa shape index (κ3) is 1.83. The number of anilines is 3. The summed E-state index contributed by atoms with van der Waals surface area (Å²) < 4.78 is 8.35. The van der Waals surface area contributed by atoms with Crippen molar-refractivity contribution >= 4 is 51.7 Å². The van der Waals surface area contributed by atoms with Crippen LogP contribution in [-0.4, -0.2) is 18.7 Å². The molecule has 2 aromatic heterocycles. The maximum atomic E-state index is 6.15. The van der Waals surface area contributed by atoms with Gasteiger partial charge in [-0.1, -0.05) is 11.6 Å². The van der Waals surface area contributed by atoms with Crippen LogP contribution in [0.5, 0.6) is 0 Å². The smallest absolute Gasteiger partial charge is 0.173 e. The molecule has 0 amide bonds. The average molecular weight is 279 g/mol. The van der Waals surface area contributed by atoms with Crippen molar-refractivity contribution < 1.29 is 0 Å². The molecule has 90 valence electrons. The molecule has 0 saturated heterocycles. The quantitative estimate of drug-likeness (QED) is 0.748. The van der Waals surface area contributed by atoms with Crippen molar-refractivity contribution in [1.29, 1.82) is 0 Å². The van der Waals surface area contributed by atoms with Crippen LogP contribution in [0.1, 0.15) is 0 Å². The number of nitrogens with one attached hydrogen (secondary N) is 1. The van der Waals surface area contributed by atoms with Crippen molar-refractivity contribution in [2.24, 2.45) is 0 Å². The molecule has 0 aliphatic rings. The van der Waals surface area contributed by atoms with E-state index in [0.29, 0.717) is 27.9 Å². The molecular formula is C10H7ClN6S. The molecule has 18 heavy (non-hydrogen) atoms. The number of benzene rings is 1. The fourth-order valence-corrected chi connectivity index (χ4v) is 2.25. The Hall–Kier alpha value is -1.99. The fraction of sp³-hybridized carbons (Fsp3) is 0. The molecule has 0 atom stereocenters. The molecule has 6 nitrogen and oxygen atoms in total. The summed E-state index contributed by atoms with van der Waals surface area (Å²) in [5.41, 5.74) is 7.82.